The molecule has 0 aliphatic carbocycles. The topological polar surface area (TPSA) is 49.0 Å². The van der Waals surface area contributed by atoms with E-state index in [1.165, 1.54) is 0 Å². The molecule has 0 saturated carbocycles. The van der Waals surface area contributed by atoms with Gasteiger partial charge in [-0.1, -0.05) is 30.3 Å². The molecular formula is C21H17F4N3O. The summed E-state index contributed by atoms with van der Waals surface area (Å²) in [5.74, 6) is -0.443. The average molecular weight is 403 g/mol. The molecule has 2 heterocycles. The van der Waals surface area contributed by atoms with Gasteiger partial charge in [0.15, 0.2) is 0 Å². The van der Waals surface area contributed by atoms with Gasteiger partial charge in [-0.25, -0.2) is 9.37 Å². The molecule has 1 aliphatic heterocycles. The van der Waals surface area contributed by atoms with Gasteiger partial charge in [-0.2, -0.15) is 13.2 Å². The molecule has 8 heteroatoms. The summed E-state index contributed by atoms with van der Waals surface area (Å²) in [6.45, 7) is 0.861. The minimum absolute atomic E-state index is 0.111. The van der Waals surface area contributed by atoms with E-state index >= 15 is 0 Å². The molecule has 4 nitrogen and oxygen atoms in total. The van der Waals surface area contributed by atoms with Crippen LogP contribution in [0.25, 0.3) is 11.4 Å². The summed E-state index contributed by atoms with van der Waals surface area (Å²) in [6.07, 6.45) is -4.12. The molecule has 0 bridgehead atoms. The van der Waals surface area contributed by atoms with Crippen molar-refractivity contribution in [2.75, 3.05) is 6.54 Å². The molecule has 4 rings (SSSR count). The number of rotatable bonds is 3. The molecule has 0 amide bonds. The Bertz CT molecular complexity index is 1090. The standard InChI is InChI=1S/C21H17F4N3O/c22-16-9-13(8-15(10-16)21(23,24)25)11-28-7-6-18-17(12-28)20(29)27-19(26-18)14-4-2-1-3-5-14/h1-5,8-10H,6-7,11-12H2,(H,26,27,29). The van der Waals surface area contributed by atoms with Gasteiger partial charge in [0.05, 0.1) is 16.8 Å². The Morgan fingerprint density at radius 1 is 1.10 bits per heavy atom. The van der Waals surface area contributed by atoms with Gasteiger partial charge in [-0.15, -0.1) is 0 Å². The van der Waals surface area contributed by atoms with Gasteiger partial charge in [0.1, 0.15) is 11.6 Å². The molecule has 3 aromatic rings. The smallest absolute Gasteiger partial charge is 0.306 e. The van der Waals surface area contributed by atoms with Crippen molar-refractivity contribution < 1.29 is 17.6 Å². The highest BCUT2D eigenvalue weighted by atomic mass is 19.4. The molecule has 0 fully saturated rings. The fraction of sp³-hybridized carbons (Fsp3) is 0.238. The molecule has 1 aliphatic rings. The van der Waals surface area contributed by atoms with Crippen LogP contribution in [-0.2, 0) is 25.7 Å². The Kier molecular flexibility index (Phi) is 4.96. The van der Waals surface area contributed by atoms with E-state index in [9.17, 15) is 22.4 Å². The van der Waals surface area contributed by atoms with E-state index in [1.54, 1.807) is 0 Å². The van der Waals surface area contributed by atoms with Crippen molar-refractivity contribution >= 4 is 0 Å². The van der Waals surface area contributed by atoms with Crippen LogP contribution in [0.5, 0.6) is 0 Å². The van der Waals surface area contributed by atoms with Crippen molar-refractivity contribution in [1.29, 1.82) is 0 Å². The third-order valence-corrected chi connectivity index (χ3v) is 4.89. The zero-order valence-corrected chi connectivity index (χ0v) is 15.3. The molecule has 0 unspecified atom stereocenters. The van der Waals surface area contributed by atoms with Crippen LogP contribution >= 0.6 is 0 Å². The number of nitrogens with zero attached hydrogens (tertiary/aromatic N) is 2. The van der Waals surface area contributed by atoms with Crippen LogP contribution in [0.3, 0.4) is 0 Å². The largest absolute Gasteiger partial charge is 0.416 e. The summed E-state index contributed by atoms with van der Waals surface area (Å²) >= 11 is 0. The number of benzene rings is 2. The fourth-order valence-electron chi connectivity index (χ4n) is 3.51. The maximum absolute atomic E-state index is 13.6. The van der Waals surface area contributed by atoms with Gasteiger partial charge < -0.3 is 4.98 Å². The van der Waals surface area contributed by atoms with Gasteiger partial charge in [0, 0.05) is 31.6 Å². The average Bonchev–Trinajstić information content (AvgIpc) is 2.68. The van der Waals surface area contributed by atoms with E-state index in [0.717, 1.165) is 17.7 Å². The zero-order chi connectivity index (χ0) is 20.6. The molecule has 150 valence electrons. The first-order chi connectivity index (χ1) is 13.8. The van der Waals surface area contributed by atoms with Crippen LogP contribution in [0, 0.1) is 5.82 Å². The molecule has 2 aromatic carbocycles. The van der Waals surface area contributed by atoms with E-state index in [0.29, 0.717) is 36.1 Å². The van der Waals surface area contributed by atoms with Crippen LogP contribution in [0.15, 0.2) is 53.3 Å². The number of H-pyrrole nitrogens is 1. The zero-order valence-electron chi connectivity index (χ0n) is 15.3. The summed E-state index contributed by atoms with van der Waals surface area (Å²) in [4.78, 5) is 21.7. The van der Waals surface area contributed by atoms with Crippen molar-refractivity contribution in [1.82, 2.24) is 14.9 Å². The van der Waals surface area contributed by atoms with Crippen molar-refractivity contribution in [2.45, 2.75) is 25.7 Å². The third-order valence-electron chi connectivity index (χ3n) is 4.89. The van der Waals surface area contributed by atoms with Crippen LogP contribution in [-0.4, -0.2) is 21.4 Å². The Hall–Kier alpha value is -3.00. The summed E-state index contributed by atoms with van der Waals surface area (Å²) in [5, 5.41) is 0. The summed E-state index contributed by atoms with van der Waals surface area (Å²) in [5.41, 5.74) is 0.897. The molecule has 0 saturated heterocycles. The minimum atomic E-state index is -4.61. The number of nitrogens with one attached hydrogen (secondary N) is 1. The molecule has 29 heavy (non-hydrogen) atoms. The van der Waals surface area contributed by atoms with Crippen molar-refractivity contribution in [2.24, 2.45) is 0 Å². The van der Waals surface area contributed by atoms with Gasteiger partial charge in [0.25, 0.3) is 5.56 Å². The molecule has 1 N–H and O–H groups in total. The maximum Gasteiger partial charge on any atom is 0.416 e. The van der Waals surface area contributed by atoms with Crippen LogP contribution in [0.4, 0.5) is 17.6 Å². The van der Waals surface area contributed by atoms with Crippen molar-refractivity contribution in [3.8, 4) is 11.4 Å². The van der Waals surface area contributed by atoms with E-state index in [4.69, 9.17) is 0 Å². The second-order valence-electron chi connectivity index (χ2n) is 7.01. The number of fused-ring (bicyclic) bond motifs is 1. The summed E-state index contributed by atoms with van der Waals surface area (Å²) in [6, 6.07) is 11.8. The number of hydrogen-bond donors (Lipinski definition) is 1. The maximum atomic E-state index is 13.6. The van der Waals surface area contributed by atoms with E-state index < -0.39 is 17.6 Å². The van der Waals surface area contributed by atoms with E-state index in [1.807, 2.05) is 35.2 Å². The number of alkyl halides is 3. The highest BCUT2D eigenvalue weighted by Crippen LogP contribution is 2.31. The minimum Gasteiger partial charge on any atom is -0.306 e. The predicted molar refractivity (Wildman–Crippen MR) is 99.5 cm³/mol. The molecular weight excluding hydrogens is 386 g/mol. The first kappa shape index (κ1) is 19.3. The van der Waals surface area contributed by atoms with Crippen LogP contribution in [0.1, 0.15) is 22.4 Å². The lowest BCUT2D eigenvalue weighted by atomic mass is 10.0. The lowest BCUT2D eigenvalue weighted by Gasteiger charge is -2.28. The molecule has 0 radical (unpaired) electrons. The lowest BCUT2D eigenvalue weighted by molar-refractivity contribution is -0.137. The monoisotopic (exact) mass is 403 g/mol. The van der Waals surface area contributed by atoms with Crippen LogP contribution in [0.2, 0.25) is 0 Å². The normalized spacial score (nSPS) is 14.6. The Balaban J connectivity index is 1.57. The number of aromatic amines is 1. The molecule has 1 aromatic heterocycles. The van der Waals surface area contributed by atoms with E-state index in [-0.39, 0.29) is 24.2 Å². The quantitative estimate of drug-likeness (QED) is 0.669. The second kappa shape index (κ2) is 7.44. The van der Waals surface area contributed by atoms with Crippen molar-refractivity contribution in [3.63, 3.8) is 0 Å². The first-order valence-corrected chi connectivity index (χ1v) is 9.06. The summed E-state index contributed by atoms with van der Waals surface area (Å²) in [7, 11) is 0. The Labute approximate surface area is 163 Å². The lowest BCUT2D eigenvalue weighted by Crippen LogP contribution is -2.35. The van der Waals surface area contributed by atoms with Gasteiger partial charge in [-0.3, -0.25) is 9.69 Å². The van der Waals surface area contributed by atoms with E-state index in [2.05, 4.69) is 9.97 Å². The predicted octanol–water partition coefficient (Wildman–Crippen LogP) is 4.15. The number of hydrogen-bond acceptors (Lipinski definition) is 3. The van der Waals surface area contributed by atoms with Gasteiger partial charge >= 0.3 is 6.18 Å². The number of halogens is 4. The molecule has 0 spiro atoms. The molecule has 0 atom stereocenters. The summed E-state index contributed by atoms with van der Waals surface area (Å²) < 4.78 is 52.4. The highest BCUT2D eigenvalue weighted by Gasteiger charge is 2.31. The fourth-order valence-corrected chi connectivity index (χ4v) is 3.51. The Morgan fingerprint density at radius 3 is 2.59 bits per heavy atom. The van der Waals surface area contributed by atoms with Gasteiger partial charge in [-0.05, 0) is 23.8 Å². The second-order valence-corrected chi connectivity index (χ2v) is 7.01. The van der Waals surface area contributed by atoms with Gasteiger partial charge in [0.2, 0.25) is 0 Å². The van der Waals surface area contributed by atoms with Crippen molar-refractivity contribution in [3.05, 3.63) is 87.1 Å². The first-order valence-electron chi connectivity index (χ1n) is 9.06. The SMILES string of the molecule is O=c1[nH]c(-c2ccccc2)nc2c1CN(Cc1cc(F)cc(C(F)(F)F)c1)CC2. The highest BCUT2D eigenvalue weighted by molar-refractivity contribution is 5.54. The number of aromatic nitrogens is 2. The third kappa shape index (κ3) is 4.22. The van der Waals surface area contributed by atoms with Crippen LogP contribution < -0.4 is 5.56 Å². The Morgan fingerprint density at radius 2 is 1.86 bits per heavy atom.